The number of piperidine rings is 2. The van der Waals surface area contributed by atoms with E-state index in [-0.39, 0.29) is 17.7 Å². The molecule has 1 N–H and O–H groups in total. The van der Waals surface area contributed by atoms with Crippen molar-refractivity contribution in [2.24, 2.45) is 17.8 Å². The topological polar surface area (TPSA) is 52.7 Å². The first-order valence-corrected chi connectivity index (χ1v) is 10.8. The van der Waals surface area contributed by atoms with E-state index < -0.39 is 0 Å². The summed E-state index contributed by atoms with van der Waals surface area (Å²) in [6.07, 6.45) is 6.72. The Balaban J connectivity index is 1.55. The van der Waals surface area contributed by atoms with Gasteiger partial charge in [-0.25, -0.2) is 0 Å². The van der Waals surface area contributed by atoms with Crippen LogP contribution in [0.2, 0.25) is 0 Å². The van der Waals surface area contributed by atoms with Crippen LogP contribution in [0, 0.1) is 17.8 Å². The molecule has 0 spiro atoms. The number of carbonyl (C=O) groups excluding carboxylic acids is 2. The van der Waals surface area contributed by atoms with Crippen LogP contribution in [0.3, 0.4) is 0 Å². The summed E-state index contributed by atoms with van der Waals surface area (Å²) in [6.45, 7) is 12.6. The van der Waals surface area contributed by atoms with Crippen LogP contribution < -0.4 is 5.32 Å². The minimum Gasteiger partial charge on any atom is -0.356 e. The molecule has 0 saturated carbocycles. The molecule has 2 rings (SSSR count). The molecule has 2 saturated heterocycles. The molecule has 0 aromatic carbocycles. The summed E-state index contributed by atoms with van der Waals surface area (Å²) in [4.78, 5) is 28.7. The molecule has 2 fully saturated rings. The third kappa shape index (κ3) is 6.90. The molecule has 5 heteroatoms. The highest BCUT2D eigenvalue weighted by atomic mass is 16.2. The second-order valence-electron chi connectivity index (χ2n) is 8.61. The van der Waals surface area contributed by atoms with Crippen molar-refractivity contribution in [3.63, 3.8) is 0 Å². The summed E-state index contributed by atoms with van der Waals surface area (Å²) in [7, 11) is 0. The fourth-order valence-electron chi connectivity index (χ4n) is 4.55. The lowest BCUT2D eigenvalue weighted by Gasteiger charge is -2.35. The highest BCUT2D eigenvalue weighted by Gasteiger charge is 2.26. The van der Waals surface area contributed by atoms with Crippen LogP contribution >= 0.6 is 0 Å². The van der Waals surface area contributed by atoms with Gasteiger partial charge in [0, 0.05) is 45.1 Å². The number of nitrogens with one attached hydrogen (secondary N) is 1. The van der Waals surface area contributed by atoms with Gasteiger partial charge in [0.25, 0.3) is 0 Å². The van der Waals surface area contributed by atoms with E-state index in [0.29, 0.717) is 6.42 Å². The van der Waals surface area contributed by atoms with Gasteiger partial charge in [-0.15, -0.1) is 0 Å². The Morgan fingerprint density at radius 3 is 2.31 bits per heavy atom. The van der Waals surface area contributed by atoms with Crippen LogP contribution in [0.15, 0.2) is 0 Å². The number of amides is 2. The molecule has 0 aromatic heterocycles. The van der Waals surface area contributed by atoms with Gasteiger partial charge >= 0.3 is 0 Å². The first kappa shape index (κ1) is 21.2. The highest BCUT2D eigenvalue weighted by Crippen LogP contribution is 2.21. The van der Waals surface area contributed by atoms with Gasteiger partial charge in [0.2, 0.25) is 11.8 Å². The van der Waals surface area contributed by atoms with Crippen molar-refractivity contribution in [2.75, 3.05) is 39.3 Å². The van der Waals surface area contributed by atoms with Crippen LogP contribution in [0.25, 0.3) is 0 Å². The van der Waals surface area contributed by atoms with Gasteiger partial charge < -0.3 is 15.1 Å². The van der Waals surface area contributed by atoms with Crippen molar-refractivity contribution in [2.45, 2.75) is 65.7 Å². The molecule has 0 aliphatic carbocycles. The normalized spacial score (nSPS) is 25.3. The van der Waals surface area contributed by atoms with Gasteiger partial charge in [0.15, 0.2) is 0 Å². The fourth-order valence-corrected chi connectivity index (χ4v) is 4.55. The van der Waals surface area contributed by atoms with E-state index in [1.807, 2.05) is 11.8 Å². The average molecular weight is 366 g/mol. The molecule has 0 radical (unpaired) electrons. The maximum Gasteiger partial charge on any atom is 0.223 e. The van der Waals surface area contributed by atoms with Crippen LogP contribution in [0.4, 0.5) is 0 Å². The van der Waals surface area contributed by atoms with Crippen LogP contribution in [0.1, 0.15) is 65.7 Å². The Hall–Kier alpha value is -1.10. The molecular weight excluding hydrogens is 326 g/mol. The smallest absolute Gasteiger partial charge is 0.223 e. The molecule has 0 bridgehead atoms. The summed E-state index contributed by atoms with van der Waals surface area (Å²) >= 11 is 0. The molecule has 150 valence electrons. The van der Waals surface area contributed by atoms with Gasteiger partial charge in [0.1, 0.15) is 0 Å². The second kappa shape index (κ2) is 10.9. The summed E-state index contributed by atoms with van der Waals surface area (Å²) < 4.78 is 0. The first-order chi connectivity index (χ1) is 12.5. The Morgan fingerprint density at radius 2 is 1.69 bits per heavy atom. The molecule has 26 heavy (non-hydrogen) atoms. The van der Waals surface area contributed by atoms with Crippen LogP contribution in [-0.2, 0) is 9.59 Å². The lowest BCUT2D eigenvalue weighted by atomic mass is 9.92. The van der Waals surface area contributed by atoms with Crippen molar-refractivity contribution >= 4 is 11.8 Å². The minimum atomic E-state index is 0.0875. The van der Waals surface area contributed by atoms with E-state index in [9.17, 15) is 9.59 Å². The van der Waals surface area contributed by atoms with Crippen molar-refractivity contribution in [3.8, 4) is 0 Å². The van der Waals surface area contributed by atoms with E-state index in [2.05, 4.69) is 24.1 Å². The zero-order valence-corrected chi connectivity index (χ0v) is 17.1. The van der Waals surface area contributed by atoms with Crippen molar-refractivity contribution < 1.29 is 9.59 Å². The van der Waals surface area contributed by atoms with Crippen molar-refractivity contribution in [3.05, 3.63) is 0 Å². The first-order valence-electron chi connectivity index (χ1n) is 10.8. The summed E-state index contributed by atoms with van der Waals surface area (Å²) in [5, 5.41) is 3.12. The van der Waals surface area contributed by atoms with Gasteiger partial charge in [-0.1, -0.05) is 20.8 Å². The van der Waals surface area contributed by atoms with E-state index in [4.69, 9.17) is 0 Å². The highest BCUT2D eigenvalue weighted by molar-refractivity contribution is 5.80. The summed E-state index contributed by atoms with van der Waals surface area (Å²) in [5.41, 5.74) is 0. The van der Waals surface area contributed by atoms with Gasteiger partial charge in [0.05, 0.1) is 0 Å². The quantitative estimate of drug-likeness (QED) is 0.673. The Kier molecular flexibility index (Phi) is 8.89. The molecule has 5 nitrogen and oxygen atoms in total. The second-order valence-corrected chi connectivity index (χ2v) is 8.61. The maximum absolute atomic E-state index is 12.3. The zero-order chi connectivity index (χ0) is 18.9. The molecule has 2 heterocycles. The van der Waals surface area contributed by atoms with Crippen LogP contribution in [0.5, 0.6) is 0 Å². The average Bonchev–Trinajstić information content (AvgIpc) is 2.61. The van der Waals surface area contributed by atoms with E-state index in [1.54, 1.807) is 0 Å². The Labute approximate surface area is 159 Å². The molecule has 2 atom stereocenters. The third-order valence-corrected chi connectivity index (χ3v) is 5.83. The zero-order valence-electron chi connectivity index (χ0n) is 17.1. The SMILES string of the molecule is CCCC(=O)N1CCC(C(=O)NCCCCN2CC(C)CC(C)C2)CC1. The molecule has 0 aromatic rings. The standard InChI is InChI=1S/C21H39N3O2/c1-4-7-20(25)24-12-8-19(9-13-24)21(26)22-10-5-6-11-23-15-17(2)14-18(3)16-23/h17-19H,4-16H2,1-3H3,(H,22,26). The van der Waals surface area contributed by atoms with E-state index >= 15 is 0 Å². The lowest BCUT2D eigenvalue weighted by Crippen LogP contribution is -2.43. The number of hydrogen-bond acceptors (Lipinski definition) is 3. The van der Waals surface area contributed by atoms with Gasteiger partial charge in [-0.05, 0) is 56.9 Å². The Bertz CT molecular complexity index is 437. The maximum atomic E-state index is 12.3. The number of hydrogen-bond donors (Lipinski definition) is 1. The fraction of sp³-hybridized carbons (Fsp3) is 0.905. The third-order valence-electron chi connectivity index (χ3n) is 5.83. The number of likely N-dealkylation sites (tertiary alicyclic amines) is 2. The Morgan fingerprint density at radius 1 is 1.04 bits per heavy atom. The van der Waals surface area contributed by atoms with Crippen LogP contribution in [-0.4, -0.2) is 60.9 Å². The summed E-state index contributed by atoms with van der Waals surface area (Å²) in [5.74, 6) is 2.15. The molecule has 2 amide bonds. The largest absolute Gasteiger partial charge is 0.356 e. The number of rotatable bonds is 8. The lowest BCUT2D eigenvalue weighted by molar-refractivity contribution is -0.135. The minimum absolute atomic E-state index is 0.0875. The van der Waals surface area contributed by atoms with Crippen molar-refractivity contribution in [1.82, 2.24) is 15.1 Å². The van der Waals surface area contributed by atoms with Gasteiger partial charge in [-0.3, -0.25) is 9.59 Å². The molecule has 2 aliphatic heterocycles. The number of carbonyl (C=O) groups is 2. The summed E-state index contributed by atoms with van der Waals surface area (Å²) in [6, 6.07) is 0. The molecule has 2 aliphatic rings. The van der Waals surface area contributed by atoms with Gasteiger partial charge in [-0.2, -0.15) is 0 Å². The molecular formula is C21H39N3O2. The monoisotopic (exact) mass is 365 g/mol. The molecule has 2 unspecified atom stereocenters. The predicted molar refractivity (Wildman–Crippen MR) is 106 cm³/mol. The number of unbranched alkanes of at least 4 members (excludes halogenated alkanes) is 1. The predicted octanol–water partition coefficient (Wildman–Crippen LogP) is 2.90. The van der Waals surface area contributed by atoms with Crippen molar-refractivity contribution in [1.29, 1.82) is 0 Å². The van der Waals surface area contributed by atoms with E-state index in [1.165, 1.54) is 19.5 Å². The number of nitrogens with zero attached hydrogens (tertiary/aromatic N) is 2. The van der Waals surface area contributed by atoms with E-state index in [0.717, 1.165) is 70.1 Å².